The van der Waals surface area contributed by atoms with Gasteiger partial charge in [-0.1, -0.05) is 12.1 Å². The predicted molar refractivity (Wildman–Crippen MR) is 65.9 cm³/mol. The zero-order valence-corrected chi connectivity index (χ0v) is 10.6. The first-order chi connectivity index (χ1) is 7.99. The first kappa shape index (κ1) is 11.1. The number of aliphatic hydroxyl groups is 1. The topological polar surface area (TPSA) is 67.3 Å². The fourth-order valence-electron chi connectivity index (χ4n) is 1.69. The number of fused-ring (bicyclic) bond motifs is 1. The maximum atomic E-state index is 12.0. The van der Waals surface area contributed by atoms with E-state index in [0.29, 0.717) is 18.4 Å². The van der Waals surface area contributed by atoms with Crippen LogP contribution in [0.3, 0.4) is 0 Å². The first-order valence-corrected chi connectivity index (χ1v) is 7.76. The lowest BCUT2D eigenvalue weighted by Gasteiger charge is -2.05. The van der Waals surface area contributed by atoms with E-state index in [9.17, 15) is 13.5 Å². The Morgan fingerprint density at radius 3 is 2.71 bits per heavy atom. The van der Waals surface area contributed by atoms with Crippen molar-refractivity contribution in [1.82, 2.24) is 4.98 Å². The monoisotopic (exact) mass is 269 g/mol. The minimum atomic E-state index is -3.46. The zero-order chi connectivity index (χ0) is 12.1. The van der Waals surface area contributed by atoms with Gasteiger partial charge in [-0.15, -0.1) is 11.3 Å². The first-order valence-electron chi connectivity index (χ1n) is 5.29. The molecule has 3 rings (SSSR count). The molecule has 1 aliphatic rings. The molecule has 1 aliphatic carbocycles. The van der Waals surface area contributed by atoms with Gasteiger partial charge in [0.15, 0.2) is 0 Å². The van der Waals surface area contributed by atoms with Gasteiger partial charge >= 0.3 is 0 Å². The van der Waals surface area contributed by atoms with Crippen molar-refractivity contribution in [2.24, 2.45) is 0 Å². The van der Waals surface area contributed by atoms with E-state index < -0.39 is 15.4 Å². The molecule has 6 heteroatoms. The summed E-state index contributed by atoms with van der Waals surface area (Å²) in [5.41, 5.74) is -0.310. The van der Waals surface area contributed by atoms with Crippen molar-refractivity contribution in [2.75, 3.05) is 5.75 Å². The smallest absolute Gasteiger partial charge is 0.210 e. The number of benzene rings is 1. The third-order valence-corrected chi connectivity index (χ3v) is 6.21. The minimum absolute atomic E-state index is 0.110. The Balaban J connectivity index is 2.02. The van der Waals surface area contributed by atoms with Crippen LogP contribution in [0.1, 0.15) is 12.8 Å². The van der Waals surface area contributed by atoms with E-state index in [1.807, 2.05) is 18.2 Å². The Morgan fingerprint density at radius 2 is 2.06 bits per heavy atom. The number of hydrogen-bond acceptors (Lipinski definition) is 5. The molecule has 0 saturated heterocycles. The molecule has 0 atom stereocenters. The van der Waals surface area contributed by atoms with Crippen molar-refractivity contribution in [3.63, 3.8) is 0 Å². The van der Waals surface area contributed by atoms with Crippen LogP contribution < -0.4 is 0 Å². The van der Waals surface area contributed by atoms with Crippen LogP contribution in [0.2, 0.25) is 0 Å². The van der Waals surface area contributed by atoms with Crippen LogP contribution in [0.4, 0.5) is 0 Å². The summed E-state index contributed by atoms with van der Waals surface area (Å²) in [4.78, 5) is 4.12. The Kier molecular flexibility index (Phi) is 2.30. The van der Waals surface area contributed by atoms with Gasteiger partial charge in [0.05, 0.1) is 21.6 Å². The van der Waals surface area contributed by atoms with E-state index in [-0.39, 0.29) is 10.1 Å². The second-order valence-corrected chi connectivity index (χ2v) is 7.62. The van der Waals surface area contributed by atoms with Crippen molar-refractivity contribution >= 4 is 31.4 Å². The molecule has 1 saturated carbocycles. The number of para-hydroxylation sites is 1. The highest BCUT2D eigenvalue weighted by atomic mass is 32.2. The number of rotatable bonds is 3. The second-order valence-electron chi connectivity index (χ2n) is 4.43. The van der Waals surface area contributed by atoms with Crippen molar-refractivity contribution < 1.29 is 13.5 Å². The number of hydrogen-bond donors (Lipinski definition) is 1. The predicted octanol–water partition coefficient (Wildman–Crippen LogP) is 1.59. The summed E-state index contributed by atoms with van der Waals surface area (Å²) in [6, 6.07) is 7.31. The quantitative estimate of drug-likeness (QED) is 0.919. The third kappa shape index (κ3) is 2.08. The lowest BCUT2D eigenvalue weighted by atomic mass is 10.3. The molecule has 0 unspecified atom stereocenters. The van der Waals surface area contributed by atoms with Gasteiger partial charge in [0.2, 0.25) is 14.2 Å². The van der Waals surface area contributed by atoms with Crippen molar-refractivity contribution in [3.8, 4) is 0 Å². The summed E-state index contributed by atoms with van der Waals surface area (Å²) in [7, 11) is -3.46. The molecule has 1 fully saturated rings. The van der Waals surface area contributed by atoms with Crippen LogP contribution in [-0.2, 0) is 9.84 Å². The molecule has 17 heavy (non-hydrogen) atoms. The van der Waals surface area contributed by atoms with E-state index in [2.05, 4.69) is 4.98 Å². The van der Waals surface area contributed by atoms with Crippen molar-refractivity contribution in [1.29, 1.82) is 0 Å². The summed E-state index contributed by atoms with van der Waals surface area (Å²) in [5, 5.41) is 9.70. The molecular weight excluding hydrogens is 258 g/mol. The molecule has 0 radical (unpaired) electrons. The second kappa shape index (κ2) is 3.51. The molecule has 0 aliphatic heterocycles. The van der Waals surface area contributed by atoms with Crippen molar-refractivity contribution in [2.45, 2.75) is 22.8 Å². The standard InChI is InChI=1S/C11H11NO3S2/c13-11(5-6-11)7-17(14,15)10-12-8-3-1-2-4-9(8)16-10/h1-4,13H,5-7H2. The molecular formula is C11H11NO3S2. The van der Waals surface area contributed by atoms with E-state index in [1.165, 1.54) is 0 Å². The number of nitrogens with zero attached hydrogens (tertiary/aromatic N) is 1. The molecule has 1 heterocycles. The highest BCUT2D eigenvalue weighted by Gasteiger charge is 2.45. The van der Waals surface area contributed by atoms with E-state index >= 15 is 0 Å². The molecule has 90 valence electrons. The van der Waals surface area contributed by atoms with E-state index in [1.54, 1.807) is 6.07 Å². The molecule has 0 spiro atoms. The molecule has 1 aromatic heterocycles. The van der Waals surface area contributed by atoms with Crippen LogP contribution >= 0.6 is 11.3 Å². The van der Waals surface area contributed by atoms with Gasteiger partial charge in [0.25, 0.3) is 0 Å². The summed E-state index contributed by atoms with van der Waals surface area (Å²) >= 11 is 1.16. The molecule has 1 aromatic carbocycles. The van der Waals surface area contributed by atoms with Gasteiger partial charge in [0, 0.05) is 0 Å². The Morgan fingerprint density at radius 1 is 1.35 bits per heavy atom. The van der Waals surface area contributed by atoms with Crippen LogP contribution in [0.25, 0.3) is 10.2 Å². The summed E-state index contributed by atoms with van der Waals surface area (Å²) in [6.07, 6.45) is 1.13. The lowest BCUT2D eigenvalue weighted by molar-refractivity contribution is 0.174. The van der Waals surface area contributed by atoms with Crippen molar-refractivity contribution in [3.05, 3.63) is 24.3 Å². The maximum Gasteiger partial charge on any atom is 0.210 e. The van der Waals surface area contributed by atoms with Gasteiger partial charge in [-0.25, -0.2) is 13.4 Å². The summed E-state index contributed by atoms with van der Waals surface area (Å²) < 4.78 is 25.1. The minimum Gasteiger partial charge on any atom is -0.389 e. The molecule has 4 nitrogen and oxygen atoms in total. The molecule has 0 amide bonds. The number of sulfone groups is 1. The third-order valence-electron chi connectivity index (χ3n) is 2.83. The average Bonchev–Trinajstić information content (AvgIpc) is 2.81. The fourth-order valence-corrected chi connectivity index (χ4v) is 4.70. The normalized spacial score (nSPS) is 18.4. The Bertz CT molecular complexity index is 638. The van der Waals surface area contributed by atoms with E-state index in [4.69, 9.17) is 0 Å². The molecule has 2 aromatic rings. The lowest BCUT2D eigenvalue weighted by Crippen LogP contribution is -2.22. The number of thiazole rings is 1. The maximum absolute atomic E-state index is 12.0. The number of aromatic nitrogens is 1. The van der Waals surface area contributed by atoms with Crippen LogP contribution in [0.15, 0.2) is 28.6 Å². The van der Waals surface area contributed by atoms with Crippen LogP contribution in [0, 0.1) is 0 Å². The van der Waals surface area contributed by atoms with Gasteiger partial charge < -0.3 is 5.11 Å². The van der Waals surface area contributed by atoms with Crippen LogP contribution in [-0.4, -0.2) is 29.9 Å². The SMILES string of the molecule is O=S(=O)(CC1(O)CC1)c1nc2ccccc2s1. The highest BCUT2D eigenvalue weighted by molar-refractivity contribution is 7.93. The molecule has 1 N–H and O–H groups in total. The highest BCUT2D eigenvalue weighted by Crippen LogP contribution is 2.38. The van der Waals surface area contributed by atoms with Gasteiger partial charge in [-0.2, -0.15) is 0 Å². The van der Waals surface area contributed by atoms with Gasteiger partial charge in [-0.05, 0) is 25.0 Å². The average molecular weight is 269 g/mol. The largest absolute Gasteiger partial charge is 0.389 e. The van der Waals surface area contributed by atoms with Crippen LogP contribution in [0.5, 0.6) is 0 Å². The summed E-state index contributed by atoms with van der Waals surface area (Å²) in [5.74, 6) is -0.209. The molecule has 0 bridgehead atoms. The Labute approximate surface area is 103 Å². The summed E-state index contributed by atoms with van der Waals surface area (Å²) in [6.45, 7) is 0. The Hall–Kier alpha value is -0.980. The zero-order valence-electron chi connectivity index (χ0n) is 8.96. The van der Waals surface area contributed by atoms with E-state index in [0.717, 1.165) is 16.0 Å². The van der Waals surface area contributed by atoms with Gasteiger partial charge in [-0.3, -0.25) is 0 Å². The van der Waals surface area contributed by atoms with Gasteiger partial charge in [0.1, 0.15) is 0 Å². The fraction of sp³-hybridized carbons (Fsp3) is 0.364.